The molecule has 4 heterocycles. The Morgan fingerprint density at radius 2 is 1.97 bits per heavy atom. The minimum absolute atomic E-state index is 0.146. The number of aliphatic hydroxyl groups is 2. The number of H-pyrrole nitrogens is 1. The second kappa shape index (κ2) is 9.45. The summed E-state index contributed by atoms with van der Waals surface area (Å²) in [6, 6.07) is 2.22. The second-order valence-corrected chi connectivity index (χ2v) is 11.6. The number of rotatable bonds is 7. The minimum atomic E-state index is -0.996. The Balaban J connectivity index is 1.34. The Kier molecular flexibility index (Phi) is 6.48. The molecule has 0 aromatic carbocycles. The molecule has 1 saturated carbocycles. The molecule has 11 heteroatoms. The van der Waals surface area contributed by atoms with E-state index in [1.807, 2.05) is 12.3 Å². The lowest BCUT2D eigenvalue weighted by atomic mass is 10.0. The number of anilines is 1. The van der Waals surface area contributed by atoms with Gasteiger partial charge >= 0.3 is 0 Å². The molecule has 5 N–H and O–H groups in total. The molecule has 4 atom stereocenters. The number of aromatic nitrogens is 3. The summed E-state index contributed by atoms with van der Waals surface area (Å²) in [5.41, 5.74) is 1.54. The van der Waals surface area contributed by atoms with Crippen LogP contribution in [0.1, 0.15) is 43.3 Å². The number of thiazole rings is 1. The zero-order chi connectivity index (χ0) is 25.6. The van der Waals surface area contributed by atoms with Crippen molar-refractivity contribution < 1.29 is 19.8 Å². The number of aromatic amines is 1. The molecule has 2 fully saturated rings. The van der Waals surface area contributed by atoms with Gasteiger partial charge in [-0.3, -0.25) is 9.59 Å². The van der Waals surface area contributed by atoms with Crippen LogP contribution in [0.5, 0.6) is 0 Å². The molecule has 5 rings (SSSR count). The zero-order valence-corrected chi connectivity index (χ0v) is 21.4. The van der Waals surface area contributed by atoms with Crippen LogP contribution in [0.15, 0.2) is 24.7 Å². The van der Waals surface area contributed by atoms with Gasteiger partial charge in [-0.25, -0.2) is 9.97 Å². The molecule has 3 aromatic heterocycles. The van der Waals surface area contributed by atoms with E-state index in [0.29, 0.717) is 34.8 Å². The van der Waals surface area contributed by atoms with Crippen LogP contribution in [-0.4, -0.2) is 79.3 Å². The Labute approximate surface area is 213 Å². The highest BCUT2D eigenvalue weighted by molar-refractivity contribution is 7.17. The first-order chi connectivity index (χ1) is 17.1. The number of fused-ring (bicyclic) bond motifs is 2. The molecular weight excluding hydrogens is 480 g/mol. The second-order valence-electron chi connectivity index (χ2n) is 10.6. The number of carbonyl (C=O) groups excluding carboxylic acids is 2. The van der Waals surface area contributed by atoms with Gasteiger partial charge in [0.05, 0.1) is 23.0 Å². The maximum Gasteiger partial charge on any atom is 0.263 e. The zero-order valence-electron chi connectivity index (χ0n) is 20.6. The molecule has 0 bridgehead atoms. The van der Waals surface area contributed by atoms with Gasteiger partial charge in [-0.1, -0.05) is 0 Å². The summed E-state index contributed by atoms with van der Waals surface area (Å²) in [5.74, 6) is 0.350. The lowest BCUT2D eigenvalue weighted by molar-refractivity contribution is -0.138. The number of nitrogens with zero attached hydrogens (tertiary/aromatic N) is 3. The molecule has 1 aliphatic carbocycles. The summed E-state index contributed by atoms with van der Waals surface area (Å²) in [6.45, 7) is 6.32. The number of amides is 2. The lowest BCUT2D eigenvalue weighted by Gasteiger charge is -2.22. The Morgan fingerprint density at radius 3 is 2.64 bits per heavy atom. The van der Waals surface area contributed by atoms with Crippen molar-refractivity contribution in [3.63, 3.8) is 0 Å². The quantitative estimate of drug-likeness (QED) is 0.327. The van der Waals surface area contributed by atoms with E-state index in [9.17, 15) is 19.8 Å². The standard InChI is InChI=1S/C25H32N6O4S/c1-13(32)24(34)31-10-14-6-16(7-15(14)11-31)30-20-17-4-5-26-21(17)27-8-18(20)23-28-9-19(36-23)22(33)29-12-25(2,3)35/h4-5,8-9,13-16,32,35H,6-7,10-12H2,1-3H3,(H,29,33)(H2,26,27,30)/t13-,14-,15+,16?/m0/s1. The van der Waals surface area contributed by atoms with Crippen LogP contribution in [0.4, 0.5) is 5.69 Å². The molecule has 36 heavy (non-hydrogen) atoms. The molecule has 0 radical (unpaired) electrons. The van der Waals surface area contributed by atoms with Crippen LogP contribution >= 0.6 is 11.3 Å². The van der Waals surface area contributed by atoms with Gasteiger partial charge in [0.15, 0.2) is 0 Å². The first-order valence-corrected chi connectivity index (χ1v) is 13.1. The lowest BCUT2D eigenvalue weighted by Crippen LogP contribution is -2.37. The van der Waals surface area contributed by atoms with Crippen molar-refractivity contribution in [2.24, 2.45) is 11.8 Å². The Hall–Kier alpha value is -3.02. The van der Waals surface area contributed by atoms with Crippen molar-refractivity contribution in [2.45, 2.75) is 51.4 Å². The Bertz CT molecular complexity index is 1270. The average Bonchev–Trinajstić information content (AvgIpc) is 3.59. The van der Waals surface area contributed by atoms with Gasteiger partial charge in [-0.15, -0.1) is 11.3 Å². The minimum Gasteiger partial charge on any atom is -0.389 e. The maximum absolute atomic E-state index is 12.6. The van der Waals surface area contributed by atoms with Gasteiger partial charge in [0.25, 0.3) is 11.8 Å². The normalized spacial score (nSPS) is 22.6. The van der Waals surface area contributed by atoms with Crippen LogP contribution in [0.2, 0.25) is 0 Å². The summed E-state index contributed by atoms with van der Waals surface area (Å²) in [7, 11) is 0. The van der Waals surface area contributed by atoms with Crippen molar-refractivity contribution in [1.82, 2.24) is 25.2 Å². The number of pyridine rings is 1. The van der Waals surface area contributed by atoms with Crippen molar-refractivity contribution in [2.75, 3.05) is 25.0 Å². The predicted molar refractivity (Wildman–Crippen MR) is 138 cm³/mol. The first kappa shape index (κ1) is 24.7. The largest absolute Gasteiger partial charge is 0.389 e. The number of nitrogens with one attached hydrogen (secondary N) is 3. The number of hydrogen-bond acceptors (Lipinski definition) is 8. The van der Waals surface area contributed by atoms with Crippen LogP contribution in [0, 0.1) is 11.8 Å². The van der Waals surface area contributed by atoms with Crippen LogP contribution in [0.25, 0.3) is 21.6 Å². The topological polar surface area (TPSA) is 143 Å². The van der Waals surface area contributed by atoms with Crippen molar-refractivity contribution in [3.05, 3.63) is 29.5 Å². The summed E-state index contributed by atoms with van der Waals surface area (Å²) in [4.78, 5) is 39.3. The third-order valence-electron chi connectivity index (χ3n) is 7.00. The summed E-state index contributed by atoms with van der Waals surface area (Å²) in [5, 5.41) is 27.7. The fourth-order valence-electron chi connectivity index (χ4n) is 5.28. The number of carbonyl (C=O) groups is 2. The van der Waals surface area contributed by atoms with Gasteiger partial charge in [-0.05, 0) is 51.5 Å². The number of likely N-dealkylation sites (tertiary alicyclic amines) is 1. The van der Waals surface area contributed by atoms with Crippen LogP contribution < -0.4 is 10.6 Å². The van der Waals surface area contributed by atoms with E-state index in [4.69, 9.17) is 0 Å². The fourth-order valence-corrected chi connectivity index (χ4v) is 6.13. The molecule has 0 spiro atoms. The SMILES string of the molecule is C[C@H](O)C(=O)N1C[C@H]2CC(Nc3c(-c4ncc(C(=O)NCC(C)(C)O)s4)cnc4[nH]ccc34)C[C@H]2C1. The first-order valence-electron chi connectivity index (χ1n) is 12.3. The van der Waals surface area contributed by atoms with Crippen LogP contribution in [0.3, 0.4) is 0 Å². The van der Waals surface area contributed by atoms with Gasteiger partial charge in [-0.2, -0.15) is 0 Å². The van der Waals surface area contributed by atoms with Gasteiger partial charge in [0, 0.05) is 43.5 Å². The average molecular weight is 513 g/mol. The molecule has 192 valence electrons. The smallest absolute Gasteiger partial charge is 0.263 e. The summed E-state index contributed by atoms with van der Waals surface area (Å²) in [6.07, 6.45) is 6.09. The van der Waals surface area contributed by atoms with Crippen molar-refractivity contribution in [3.8, 4) is 10.6 Å². The summed E-state index contributed by atoms with van der Waals surface area (Å²) >= 11 is 1.29. The fraction of sp³-hybridized carbons (Fsp3) is 0.520. The Morgan fingerprint density at radius 1 is 1.25 bits per heavy atom. The highest BCUT2D eigenvalue weighted by Crippen LogP contribution is 2.42. The third-order valence-corrected chi connectivity index (χ3v) is 8.03. The van der Waals surface area contributed by atoms with E-state index in [0.717, 1.165) is 35.1 Å². The maximum atomic E-state index is 12.6. The van der Waals surface area contributed by atoms with Gasteiger partial charge in [0.1, 0.15) is 21.6 Å². The van der Waals surface area contributed by atoms with E-state index in [2.05, 4.69) is 25.6 Å². The van der Waals surface area contributed by atoms with E-state index in [-0.39, 0.29) is 24.4 Å². The highest BCUT2D eigenvalue weighted by Gasteiger charge is 2.43. The molecule has 1 aliphatic heterocycles. The van der Waals surface area contributed by atoms with E-state index in [1.165, 1.54) is 18.3 Å². The number of aliphatic hydroxyl groups excluding tert-OH is 1. The molecule has 2 amide bonds. The van der Waals surface area contributed by atoms with E-state index < -0.39 is 11.7 Å². The van der Waals surface area contributed by atoms with Crippen LogP contribution in [-0.2, 0) is 4.79 Å². The van der Waals surface area contributed by atoms with E-state index >= 15 is 0 Å². The van der Waals surface area contributed by atoms with Crippen molar-refractivity contribution in [1.29, 1.82) is 0 Å². The van der Waals surface area contributed by atoms with Gasteiger partial charge in [0.2, 0.25) is 0 Å². The molecule has 2 aliphatic rings. The van der Waals surface area contributed by atoms with Crippen molar-refractivity contribution >= 4 is 39.9 Å². The molecule has 1 unspecified atom stereocenters. The van der Waals surface area contributed by atoms with E-state index in [1.54, 1.807) is 31.1 Å². The molecule has 3 aromatic rings. The highest BCUT2D eigenvalue weighted by atomic mass is 32.1. The predicted octanol–water partition coefficient (Wildman–Crippen LogP) is 2.22. The summed E-state index contributed by atoms with van der Waals surface area (Å²) < 4.78 is 0. The molecule has 10 nitrogen and oxygen atoms in total. The number of hydrogen-bond donors (Lipinski definition) is 5. The third kappa shape index (κ3) is 4.95. The molecular formula is C25H32N6O4S. The molecule has 1 saturated heterocycles. The van der Waals surface area contributed by atoms with Gasteiger partial charge < -0.3 is 30.7 Å². The monoisotopic (exact) mass is 512 g/mol.